The first-order chi connectivity index (χ1) is 12.4. The van der Waals surface area contributed by atoms with Gasteiger partial charge in [-0.3, -0.25) is 4.79 Å². The van der Waals surface area contributed by atoms with Crippen LogP contribution in [0.2, 0.25) is 0 Å². The number of hydrogen-bond acceptors (Lipinski definition) is 6. The molecule has 0 aliphatic rings. The molecule has 8 heteroatoms. The SMILES string of the molecule is COc1ccc(OCCOC(=O)CNS(=O)(=O)c2ccc(C)cc2)cc1. The van der Waals surface area contributed by atoms with Crippen LogP contribution in [-0.4, -0.2) is 41.3 Å². The maximum atomic E-state index is 12.1. The number of esters is 1. The van der Waals surface area contributed by atoms with Gasteiger partial charge in [0, 0.05) is 0 Å². The van der Waals surface area contributed by atoms with Crippen LogP contribution in [0.1, 0.15) is 5.56 Å². The monoisotopic (exact) mass is 379 g/mol. The second kappa shape index (κ2) is 9.21. The molecule has 0 unspecified atom stereocenters. The smallest absolute Gasteiger partial charge is 0.321 e. The second-order valence-corrected chi connectivity index (χ2v) is 7.15. The number of ether oxygens (including phenoxy) is 3. The van der Waals surface area contributed by atoms with Gasteiger partial charge in [-0.05, 0) is 43.3 Å². The van der Waals surface area contributed by atoms with Crippen LogP contribution in [0.5, 0.6) is 11.5 Å². The molecule has 0 spiro atoms. The fourth-order valence-electron chi connectivity index (χ4n) is 1.99. The number of rotatable bonds is 9. The van der Waals surface area contributed by atoms with Gasteiger partial charge in [0.2, 0.25) is 10.0 Å². The van der Waals surface area contributed by atoms with Gasteiger partial charge in [0.25, 0.3) is 0 Å². The number of benzene rings is 2. The van der Waals surface area contributed by atoms with Gasteiger partial charge < -0.3 is 14.2 Å². The summed E-state index contributed by atoms with van der Waals surface area (Å²) in [6.45, 7) is 1.58. The summed E-state index contributed by atoms with van der Waals surface area (Å²) in [5, 5.41) is 0. The molecule has 0 heterocycles. The molecule has 0 saturated heterocycles. The molecular formula is C18H21NO6S. The Balaban J connectivity index is 1.70. The van der Waals surface area contributed by atoms with Crippen molar-refractivity contribution in [2.45, 2.75) is 11.8 Å². The Morgan fingerprint density at radius 2 is 1.58 bits per heavy atom. The highest BCUT2D eigenvalue weighted by molar-refractivity contribution is 7.89. The third kappa shape index (κ3) is 6.05. The predicted octanol–water partition coefficient (Wildman–Crippen LogP) is 1.90. The number of hydrogen-bond donors (Lipinski definition) is 1. The molecular weight excluding hydrogens is 358 g/mol. The third-order valence-corrected chi connectivity index (χ3v) is 4.83. The van der Waals surface area contributed by atoms with Crippen LogP contribution in [0.4, 0.5) is 0 Å². The fourth-order valence-corrected chi connectivity index (χ4v) is 2.96. The average molecular weight is 379 g/mol. The zero-order valence-corrected chi connectivity index (χ0v) is 15.4. The number of carbonyl (C=O) groups excluding carboxylic acids is 1. The molecule has 26 heavy (non-hydrogen) atoms. The summed E-state index contributed by atoms with van der Waals surface area (Å²) in [7, 11) is -2.17. The van der Waals surface area contributed by atoms with Crippen molar-refractivity contribution >= 4 is 16.0 Å². The van der Waals surface area contributed by atoms with Crippen LogP contribution in [0.15, 0.2) is 53.4 Å². The van der Waals surface area contributed by atoms with Gasteiger partial charge in [-0.25, -0.2) is 8.42 Å². The first-order valence-electron chi connectivity index (χ1n) is 7.89. The number of sulfonamides is 1. The molecule has 0 saturated carbocycles. The molecule has 2 rings (SSSR count). The number of methoxy groups -OCH3 is 1. The second-order valence-electron chi connectivity index (χ2n) is 5.38. The lowest BCUT2D eigenvalue weighted by Gasteiger charge is -2.09. The Bertz CT molecular complexity index is 816. The van der Waals surface area contributed by atoms with E-state index in [1.54, 1.807) is 43.5 Å². The van der Waals surface area contributed by atoms with E-state index in [4.69, 9.17) is 14.2 Å². The van der Waals surface area contributed by atoms with Gasteiger partial charge in [-0.1, -0.05) is 17.7 Å². The highest BCUT2D eigenvalue weighted by Gasteiger charge is 2.15. The molecule has 1 N–H and O–H groups in total. The molecule has 0 radical (unpaired) electrons. The quantitative estimate of drug-likeness (QED) is 0.529. The van der Waals surface area contributed by atoms with E-state index >= 15 is 0 Å². The standard InChI is InChI=1S/C18H21NO6S/c1-14-3-9-17(10-4-14)26(21,22)19-13-18(20)25-12-11-24-16-7-5-15(23-2)6-8-16/h3-10,19H,11-13H2,1-2H3. The van der Waals surface area contributed by atoms with Crippen LogP contribution in [-0.2, 0) is 19.6 Å². The van der Waals surface area contributed by atoms with Crippen LogP contribution < -0.4 is 14.2 Å². The molecule has 0 atom stereocenters. The normalized spacial score (nSPS) is 11.0. The van der Waals surface area contributed by atoms with Crippen molar-refractivity contribution in [3.8, 4) is 11.5 Å². The van der Waals surface area contributed by atoms with E-state index in [-0.39, 0.29) is 18.1 Å². The average Bonchev–Trinajstić information content (AvgIpc) is 2.64. The first kappa shape index (κ1) is 19.7. The van der Waals surface area contributed by atoms with Crippen LogP contribution in [0, 0.1) is 6.92 Å². The largest absolute Gasteiger partial charge is 0.497 e. The summed E-state index contributed by atoms with van der Waals surface area (Å²) < 4.78 is 41.7. The summed E-state index contributed by atoms with van der Waals surface area (Å²) in [6, 6.07) is 13.3. The molecule has 0 aliphatic heterocycles. The van der Waals surface area contributed by atoms with Gasteiger partial charge in [-0.2, -0.15) is 4.72 Å². The molecule has 140 valence electrons. The molecule has 0 amide bonds. The highest BCUT2D eigenvalue weighted by atomic mass is 32.2. The Kier molecular flexibility index (Phi) is 6.99. The zero-order chi connectivity index (χ0) is 19.0. The topological polar surface area (TPSA) is 90.9 Å². The Labute approximate surface area is 152 Å². The van der Waals surface area contributed by atoms with Gasteiger partial charge in [0.1, 0.15) is 31.3 Å². The maximum absolute atomic E-state index is 12.1. The first-order valence-corrected chi connectivity index (χ1v) is 9.38. The Morgan fingerprint density at radius 3 is 2.19 bits per heavy atom. The summed E-state index contributed by atoms with van der Waals surface area (Å²) >= 11 is 0. The van der Waals surface area contributed by atoms with Gasteiger partial charge in [-0.15, -0.1) is 0 Å². The van der Waals surface area contributed by atoms with Gasteiger partial charge in [0.05, 0.1) is 12.0 Å². The maximum Gasteiger partial charge on any atom is 0.321 e. The van der Waals surface area contributed by atoms with Crippen molar-refractivity contribution in [1.29, 1.82) is 0 Å². The van der Waals surface area contributed by atoms with Crippen molar-refractivity contribution in [3.63, 3.8) is 0 Å². The predicted molar refractivity (Wildman–Crippen MR) is 95.8 cm³/mol. The van der Waals surface area contributed by atoms with Gasteiger partial charge in [0.15, 0.2) is 0 Å². The third-order valence-electron chi connectivity index (χ3n) is 3.41. The molecule has 0 aliphatic carbocycles. The summed E-state index contributed by atoms with van der Waals surface area (Å²) in [4.78, 5) is 11.7. The van der Waals surface area contributed by atoms with E-state index in [9.17, 15) is 13.2 Å². The Morgan fingerprint density at radius 1 is 0.962 bits per heavy atom. The van der Waals surface area contributed by atoms with Crippen molar-refractivity contribution in [2.24, 2.45) is 0 Å². The fraction of sp³-hybridized carbons (Fsp3) is 0.278. The van der Waals surface area contributed by atoms with Crippen molar-refractivity contribution < 1.29 is 27.4 Å². The van der Waals surface area contributed by atoms with E-state index in [1.807, 2.05) is 6.92 Å². The lowest BCUT2D eigenvalue weighted by molar-refractivity contribution is -0.142. The van der Waals surface area contributed by atoms with E-state index in [0.29, 0.717) is 11.5 Å². The summed E-state index contributed by atoms with van der Waals surface area (Å²) in [5.41, 5.74) is 0.945. The van der Waals surface area contributed by atoms with Gasteiger partial charge >= 0.3 is 5.97 Å². The van der Waals surface area contributed by atoms with Crippen molar-refractivity contribution in [3.05, 3.63) is 54.1 Å². The number of carbonyl (C=O) groups is 1. The van der Waals surface area contributed by atoms with E-state index in [0.717, 1.165) is 5.56 Å². The van der Waals surface area contributed by atoms with E-state index in [1.165, 1.54) is 12.1 Å². The van der Waals surface area contributed by atoms with Crippen LogP contribution >= 0.6 is 0 Å². The summed E-state index contributed by atoms with van der Waals surface area (Å²) in [5.74, 6) is 0.644. The minimum Gasteiger partial charge on any atom is -0.497 e. The molecule has 0 fully saturated rings. The Hall–Kier alpha value is -2.58. The molecule has 0 bridgehead atoms. The number of nitrogens with one attached hydrogen (secondary N) is 1. The highest BCUT2D eigenvalue weighted by Crippen LogP contribution is 2.16. The lowest BCUT2D eigenvalue weighted by Crippen LogP contribution is -2.31. The van der Waals surface area contributed by atoms with Crippen LogP contribution in [0.25, 0.3) is 0 Å². The number of aryl methyl sites for hydroxylation is 1. The zero-order valence-electron chi connectivity index (χ0n) is 14.6. The molecule has 0 aromatic heterocycles. The minimum absolute atomic E-state index is 0.0110. The summed E-state index contributed by atoms with van der Waals surface area (Å²) in [6.07, 6.45) is 0. The molecule has 2 aromatic rings. The van der Waals surface area contributed by atoms with Crippen LogP contribution in [0.3, 0.4) is 0 Å². The molecule has 7 nitrogen and oxygen atoms in total. The minimum atomic E-state index is -3.75. The van der Waals surface area contributed by atoms with Crippen molar-refractivity contribution in [1.82, 2.24) is 4.72 Å². The van der Waals surface area contributed by atoms with Crippen molar-refractivity contribution in [2.75, 3.05) is 26.9 Å². The lowest BCUT2D eigenvalue weighted by atomic mass is 10.2. The van der Waals surface area contributed by atoms with E-state index < -0.39 is 22.5 Å². The van der Waals surface area contributed by atoms with E-state index in [2.05, 4.69) is 4.72 Å². The molecule has 2 aromatic carbocycles.